The Balaban J connectivity index is 0.00000156. The minimum Gasteiger partial charge on any atom is -0.354 e. The van der Waals surface area contributed by atoms with Crippen LogP contribution in [0.2, 0.25) is 0 Å². The van der Waals surface area contributed by atoms with Crippen LogP contribution in [-0.2, 0) is 4.79 Å². The third kappa shape index (κ3) is 5.71. The molecule has 2 saturated heterocycles. The largest absolute Gasteiger partial charge is 0.354 e. The van der Waals surface area contributed by atoms with E-state index in [1.807, 2.05) is 23.2 Å². The Morgan fingerprint density at radius 2 is 1.92 bits per heavy atom. The quantitative estimate of drug-likeness (QED) is 0.823. The highest BCUT2D eigenvalue weighted by Crippen LogP contribution is 2.18. The normalized spacial score (nSPS) is 20.8. The molecule has 25 heavy (non-hydrogen) atoms. The molecule has 6 nitrogen and oxygen atoms in total. The first-order chi connectivity index (χ1) is 11.3. The molecule has 2 N–H and O–H groups in total. The summed E-state index contributed by atoms with van der Waals surface area (Å²) in [5, 5.41) is 0. The van der Waals surface area contributed by atoms with Gasteiger partial charge >= 0.3 is 0 Å². The molecule has 0 spiro atoms. The van der Waals surface area contributed by atoms with E-state index in [1.54, 1.807) is 0 Å². The summed E-state index contributed by atoms with van der Waals surface area (Å²) in [7, 11) is 0. The van der Waals surface area contributed by atoms with Crippen molar-refractivity contribution in [2.45, 2.75) is 25.3 Å². The maximum atomic E-state index is 12.4. The summed E-state index contributed by atoms with van der Waals surface area (Å²) in [4.78, 5) is 23.5. The van der Waals surface area contributed by atoms with Gasteiger partial charge in [0.2, 0.25) is 5.91 Å². The lowest BCUT2D eigenvalue weighted by Gasteiger charge is -2.35. The molecule has 0 aromatic carbocycles. The molecule has 0 aliphatic carbocycles. The number of carbonyl (C=O) groups is 1. The molecule has 2 fully saturated rings. The molecule has 2 aliphatic heterocycles. The first kappa shape index (κ1) is 22.0. The molecule has 1 aromatic heterocycles. The summed E-state index contributed by atoms with van der Waals surface area (Å²) in [5.74, 6) is 1.32. The van der Waals surface area contributed by atoms with Gasteiger partial charge in [-0.1, -0.05) is 6.07 Å². The number of nitrogens with zero attached hydrogens (tertiary/aromatic N) is 4. The molecule has 1 aromatic rings. The number of hydrogen-bond acceptors (Lipinski definition) is 5. The van der Waals surface area contributed by atoms with Gasteiger partial charge in [-0.25, -0.2) is 4.98 Å². The molecule has 1 amide bonds. The number of halogens is 2. The van der Waals surface area contributed by atoms with E-state index in [1.165, 1.54) is 0 Å². The van der Waals surface area contributed by atoms with E-state index in [2.05, 4.69) is 20.9 Å². The van der Waals surface area contributed by atoms with Crippen LogP contribution in [0.4, 0.5) is 5.82 Å². The zero-order valence-corrected chi connectivity index (χ0v) is 16.2. The minimum absolute atomic E-state index is 0. The van der Waals surface area contributed by atoms with Crippen molar-refractivity contribution in [3.05, 3.63) is 24.4 Å². The second-order valence-corrected chi connectivity index (χ2v) is 6.39. The van der Waals surface area contributed by atoms with Crippen molar-refractivity contribution in [2.24, 2.45) is 5.73 Å². The maximum absolute atomic E-state index is 12.4. The molecule has 3 rings (SSSR count). The molecular formula is C17H29Cl2N5O. The van der Waals surface area contributed by atoms with Crippen molar-refractivity contribution in [3.8, 4) is 0 Å². The highest BCUT2D eigenvalue weighted by Gasteiger charge is 2.27. The molecule has 8 heteroatoms. The van der Waals surface area contributed by atoms with Gasteiger partial charge in [0.1, 0.15) is 5.82 Å². The number of amides is 1. The SMILES string of the molecule is Cl.Cl.NCC1CCCN1C(=O)CCN1CCN(c2ccccn2)CC1. The summed E-state index contributed by atoms with van der Waals surface area (Å²) < 4.78 is 0. The average molecular weight is 390 g/mol. The third-order valence-corrected chi connectivity index (χ3v) is 4.96. The van der Waals surface area contributed by atoms with Crippen LogP contribution >= 0.6 is 24.8 Å². The van der Waals surface area contributed by atoms with E-state index < -0.39 is 0 Å². The van der Waals surface area contributed by atoms with E-state index in [4.69, 9.17) is 5.73 Å². The van der Waals surface area contributed by atoms with E-state index in [9.17, 15) is 4.79 Å². The topological polar surface area (TPSA) is 65.7 Å². The highest BCUT2D eigenvalue weighted by molar-refractivity contribution is 5.85. The van der Waals surface area contributed by atoms with Crippen LogP contribution in [0, 0.1) is 0 Å². The van der Waals surface area contributed by atoms with Gasteiger partial charge in [0.25, 0.3) is 0 Å². The molecule has 0 saturated carbocycles. The van der Waals surface area contributed by atoms with Crippen LogP contribution in [0.3, 0.4) is 0 Å². The summed E-state index contributed by atoms with van der Waals surface area (Å²) in [6.07, 6.45) is 4.60. The summed E-state index contributed by atoms with van der Waals surface area (Å²) in [6, 6.07) is 6.29. The van der Waals surface area contributed by atoms with Gasteiger partial charge in [0.05, 0.1) is 0 Å². The second kappa shape index (κ2) is 10.8. The number of aromatic nitrogens is 1. The van der Waals surface area contributed by atoms with Crippen LogP contribution < -0.4 is 10.6 Å². The van der Waals surface area contributed by atoms with Gasteiger partial charge in [-0.2, -0.15) is 0 Å². The number of carbonyl (C=O) groups excluding carboxylic acids is 1. The standard InChI is InChI=1S/C17H27N5O.2ClH/c18-14-15-4-3-8-22(15)17(23)6-9-20-10-12-21(13-11-20)16-5-1-2-7-19-16;;/h1-2,5,7,15H,3-4,6,8-14,18H2;2*1H. The van der Waals surface area contributed by atoms with Crippen molar-refractivity contribution >= 4 is 36.5 Å². The van der Waals surface area contributed by atoms with Crippen LogP contribution in [-0.4, -0.2) is 72.5 Å². The Morgan fingerprint density at radius 1 is 1.16 bits per heavy atom. The third-order valence-electron chi connectivity index (χ3n) is 4.96. The van der Waals surface area contributed by atoms with Gasteiger partial charge in [-0.15, -0.1) is 24.8 Å². The Labute approximate surface area is 162 Å². The van der Waals surface area contributed by atoms with Crippen LogP contribution in [0.1, 0.15) is 19.3 Å². The lowest BCUT2D eigenvalue weighted by molar-refractivity contribution is -0.132. The number of nitrogens with two attached hydrogens (primary N) is 1. The van der Waals surface area contributed by atoms with Gasteiger partial charge in [0, 0.05) is 64.5 Å². The monoisotopic (exact) mass is 389 g/mol. The predicted molar refractivity (Wildman–Crippen MR) is 106 cm³/mol. The molecule has 2 aliphatic rings. The second-order valence-electron chi connectivity index (χ2n) is 6.39. The molecule has 0 radical (unpaired) electrons. The first-order valence-electron chi connectivity index (χ1n) is 8.66. The highest BCUT2D eigenvalue weighted by atomic mass is 35.5. The minimum atomic E-state index is 0. The van der Waals surface area contributed by atoms with Crippen molar-refractivity contribution in [1.29, 1.82) is 0 Å². The number of pyridine rings is 1. The predicted octanol–water partition coefficient (Wildman–Crippen LogP) is 1.39. The number of piperazine rings is 1. The number of anilines is 1. The Hall–Kier alpha value is -1.08. The zero-order chi connectivity index (χ0) is 16.1. The summed E-state index contributed by atoms with van der Waals surface area (Å²) >= 11 is 0. The lowest BCUT2D eigenvalue weighted by atomic mass is 10.2. The summed E-state index contributed by atoms with van der Waals surface area (Å²) in [5.41, 5.74) is 5.76. The molecular weight excluding hydrogens is 361 g/mol. The average Bonchev–Trinajstić information content (AvgIpc) is 3.10. The van der Waals surface area contributed by atoms with Crippen LogP contribution in [0.5, 0.6) is 0 Å². The number of hydrogen-bond donors (Lipinski definition) is 1. The molecule has 1 atom stereocenters. The van der Waals surface area contributed by atoms with E-state index in [0.29, 0.717) is 13.0 Å². The maximum Gasteiger partial charge on any atom is 0.224 e. The van der Waals surface area contributed by atoms with Gasteiger partial charge in [-0.05, 0) is 25.0 Å². The van der Waals surface area contributed by atoms with Crippen molar-refractivity contribution in [1.82, 2.24) is 14.8 Å². The first-order valence-corrected chi connectivity index (χ1v) is 8.66. The smallest absolute Gasteiger partial charge is 0.224 e. The van der Waals surface area contributed by atoms with Gasteiger partial charge < -0.3 is 15.5 Å². The fourth-order valence-corrected chi connectivity index (χ4v) is 3.55. The van der Waals surface area contributed by atoms with Gasteiger partial charge in [-0.3, -0.25) is 9.69 Å². The number of rotatable bonds is 5. The Morgan fingerprint density at radius 3 is 2.56 bits per heavy atom. The zero-order valence-electron chi connectivity index (χ0n) is 14.5. The molecule has 3 heterocycles. The van der Waals surface area contributed by atoms with Crippen molar-refractivity contribution in [2.75, 3.05) is 50.7 Å². The Bertz CT molecular complexity index is 511. The van der Waals surface area contributed by atoms with Gasteiger partial charge in [0.15, 0.2) is 0 Å². The molecule has 1 unspecified atom stereocenters. The van der Waals surface area contributed by atoms with E-state index >= 15 is 0 Å². The molecule has 0 bridgehead atoms. The lowest BCUT2D eigenvalue weighted by Crippen LogP contribution is -2.48. The van der Waals surface area contributed by atoms with Crippen LogP contribution in [0.25, 0.3) is 0 Å². The van der Waals surface area contributed by atoms with E-state index in [-0.39, 0.29) is 36.8 Å². The van der Waals surface area contributed by atoms with Crippen molar-refractivity contribution in [3.63, 3.8) is 0 Å². The van der Waals surface area contributed by atoms with Crippen molar-refractivity contribution < 1.29 is 4.79 Å². The van der Waals surface area contributed by atoms with E-state index in [0.717, 1.165) is 57.9 Å². The molecule has 142 valence electrons. The van der Waals surface area contributed by atoms with Crippen LogP contribution in [0.15, 0.2) is 24.4 Å². The fraction of sp³-hybridized carbons (Fsp3) is 0.647. The summed E-state index contributed by atoms with van der Waals surface area (Å²) in [6.45, 7) is 6.25. The Kier molecular flexibility index (Phi) is 9.50. The fourth-order valence-electron chi connectivity index (χ4n) is 3.55. The number of likely N-dealkylation sites (tertiary alicyclic amines) is 1.